The number of imidazole rings is 1. The normalized spacial score (nSPS) is 27.8. The summed E-state index contributed by atoms with van der Waals surface area (Å²) >= 11 is 0. The second-order valence-electron chi connectivity index (χ2n) is 8.65. The highest BCUT2D eigenvalue weighted by Gasteiger charge is 2.44. The number of hydrogen-bond donors (Lipinski definition) is 2. The van der Waals surface area contributed by atoms with E-state index in [0.717, 1.165) is 0 Å². The van der Waals surface area contributed by atoms with Crippen molar-refractivity contribution in [3.8, 4) is 0 Å². The number of nitrogens with zero attached hydrogens (tertiary/aromatic N) is 3. The lowest BCUT2D eigenvalue weighted by Gasteiger charge is -2.31. The third-order valence-electron chi connectivity index (χ3n) is 6.30. The van der Waals surface area contributed by atoms with Gasteiger partial charge in [0.05, 0.1) is 29.5 Å². The van der Waals surface area contributed by atoms with Gasteiger partial charge in [-0.05, 0) is 37.3 Å². The predicted octanol–water partition coefficient (Wildman–Crippen LogP) is 3.41. The average molecular weight is 445 g/mol. The first-order valence-corrected chi connectivity index (χ1v) is 10.3. The Morgan fingerprint density at radius 2 is 2.10 bits per heavy atom. The van der Waals surface area contributed by atoms with Crippen LogP contribution < -0.4 is 11.1 Å². The quantitative estimate of drug-likeness (QED) is 0.707. The van der Waals surface area contributed by atoms with Crippen LogP contribution in [0.25, 0.3) is 5.65 Å². The number of aromatic nitrogens is 3. The highest BCUT2D eigenvalue weighted by molar-refractivity contribution is 5.79. The van der Waals surface area contributed by atoms with Crippen LogP contribution in [0.4, 0.5) is 22.0 Å². The molecule has 0 radical (unpaired) electrons. The molecule has 0 bridgehead atoms. The zero-order valence-corrected chi connectivity index (χ0v) is 16.7. The molecule has 1 aliphatic heterocycles. The Balaban J connectivity index is 1.49. The van der Waals surface area contributed by atoms with E-state index in [0.29, 0.717) is 29.9 Å². The topological polar surface area (TPSA) is 85.3 Å². The van der Waals surface area contributed by atoms with Crippen LogP contribution in [0.3, 0.4) is 0 Å². The van der Waals surface area contributed by atoms with Gasteiger partial charge in [-0.1, -0.05) is 0 Å². The Kier molecular flexibility index (Phi) is 5.65. The van der Waals surface area contributed by atoms with Gasteiger partial charge in [0.15, 0.2) is 5.65 Å². The second kappa shape index (κ2) is 7.99. The first-order chi connectivity index (χ1) is 14.5. The lowest BCUT2D eigenvalue weighted by molar-refractivity contribution is -0.183. The van der Waals surface area contributed by atoms with Crippen molar-refractivity contribution in [1.29, 1.82) is 0 Å². The molecule has 11 heteroatoms. The summed E-state index contributed by atoms with van der Waals surface area (Å²) in [6, 6.07) is 2.58. The van der Waals surface area contributed by atoms with E-state index in [4.69, 9.17) is 5.73 Å². The number of fused-ring (bicyclic) bond motifs is 1. The van der Waals surface area contributed by atoms with E-state index in [2.05, 4.69) is 15.4 Å². The highest BCUT2D eigenvalue weighted by Crippen LogP contribution is 2.41. The molecule has 1 unspecified atom stereocenters. The molecule has 2 aliphatic rings. The van der Waals surface area contributed by atoms with Gasteiger partial charge in [-0.15, -0.1) is 0 Å². The molecule has 1 amide bonds. The van der Waals surface area contributed by atoms with Crippen LogP contribution in [0.2, 0.25) is 0 Å². The minimum atomic E-state index is -4.37. The number of halogens is 5. The van der Waals surface area contributed by atoms with Crippen molar-refractivity contribution in [2.24, 2.45) is 23.5 Å². The third kappa shape index (κ3) is 4.81. The van der Waals surface area contributed by atoms with E-state index >= 15 is 0 Å². The number of carbonyl (C=O) groups excluding carboxylic acids is 1. The number of alkyl halides is 5. The van der Waals surface area contributed by atoms with Crippen molar-refractivity contribution < 1.29 is 26.7 Å². The number of nitrogens with two attached hydrogens (primary N) is 1. The highest BCUT2D eigenvalue weighted by atomic mass is 19.4. The zero-order chi connectivity index (χ0) is 22.4. The lowest BCUT2D eigenvalue weighted by atomic mass is 9.81. The molecule has 6 nitrogen and oxygen atoms in total. The van der Waals surface area contributed by atoms with Crippen LogP contribution in [-0.2, 0) is 11.2 Å². The fourth-order valence-electron chi connectivity index (χ4n) is 4.55. The monoisotopic (exact) mass is 445 g/mol. The number of amides is 1. The van der Waals surface area contributed by atoms with Crippen molar-refractivity contribution >= 4 is 11.6 Å². The Hall–Kier alpha value is -2.30. The van der Waals surface area contributed by atoms with Gasteiger partial charge in [-0.2, -0.15) is 18.3 Å². The van der Waals surface area contributed by atoms with Gasteiger partial charge in [-0.25, -0.2) is 18.3 Å². The summed E-state index contributed by atoms with van der Waals surface area (Å²) in [5.74, 6) is -5.95. The zero-order valence-electron chi connectivity index (χ0n) is 16.7. The molecule has 2 fully saturated rings. The van der Waals surface area contributed by atoms with E-state index in [1.165, 1.54) is 4.52 Å². The molecule has 170 valence electrons. The van der Waals surface area contributed by atoms with Crippen LogP contribution in [-0.4, -0.2) is 39.1 Å². The molecule has 3 heterocycles. The van der Waals surface area contributed by atoms with Crippen molar-refractivity contribution in [2.75, 3.05) is 6.54 Å². The van der Waals surface area contributed by atoms with Crippen molar-refractivity contribution in [3.05, 3.63) is 29.7 Å². The van der Waals surface area contributed by atoms with Crippen LogP contribution in [0.15, 0.2) is 18.3 Å². The minimum absolute atomic E-state index is 0.0583. The first-order valence-electron chi connectivity index (χ1n) is 10.3. The maximum atomic E-state index is 13.7. The predicted molar refractivity (Wildman–Crippen MR) is 101 cm³/mol. The standard InChI is InChI=1S/C20H24F5N5O/c21-19(22)5-1-2-11(8-19)17(26)15-10-30-16(28-15)4-3-14(29-30)7-12-6-13(20(23,24)25)9-27-18(12)31/h3-4,10-13,17H,1-2,5-9,26H2,(H,27,31)/t11-,12?,13-,17+/m1/s1. The average Bonchev–Trinajstić information content (AvgIpc) is 3.11. The Labute approximate surface area is 175 Å². The Morgan fingerprint density at radius 3 is 2.81 bits per heavy atom. The number of carbonyl (C=O) groups is 1. The fourth-order valence-corrected chi connectivity index (χ4v) is 4.55. The van der Waals surface area contributed by atoms with Gasteiger partial charge < -0.3 is 11.1 Å². The maximum absolute atomic E-state index is 13.7. The van der Waals surface area contributed by atoms with E-state index in [1.807, 2.05) is 0 Å². The molecule has 2 aromatic heterocycles. The summed E-state index contributed by atoms with van der Waals surface area (Å²) in [7, 11) is 0. The second-order valence-corrected chi connectivity index (χ2v) is 8.65. The SMILES string of the molecule is N[C@H](c1cn2nc(CC3C[C@@H](C(F)(F)F)CNC3=O)ccc2n1)[C@@H]1CCCC(F)(F)C1. The van der Waals surface area contributed by atoms with Gasteiger partial charge in [0.25, 0.3) is 0 Å². The largest absolute Gasteiger partial charge is 0.393 e. The fraction of sp³-hybridized carbons (Fsp3) is 0.650. The van der Waals surface area contributed by atoms with Gasteiger partial charge in [-0.3, -0.25) is 4.79 Å². The molecule has 0 aromatic carbocycles. The van der Waals surface area contributed by atoms with Crippen LogP contribution >= 0.6 is 0 Å². The molecule has 4 rings (SSSR count). The third-order valence-corrected chi connectivity index (χ3v) is 6.30. The number of piperidine rings is 1. The van der Waals surface area contributed by atoms with E-state index in [9.17, 15) is 26.7 Å². The maximum Gasteiger partial charge on any atom is 0.393 e. The molecule has 0 spiro atoms. The summed E-state index contributed by atoms with van der Waals surface area (Å²) < 4.78 is 68.0. The van der Waals surface area contributed by atoms with E-state index < -0.39 is 48.3 Å². The molecule has 3 N–H and O–H groups in total. The van der Waals surface area contributed by atoms with Crippen molar-refractivity contribution in [2.45, 2.75) is 56.7 Å². The Morgan fingerprint density at radius 1 is 1.32 bits per heavy atom. The van der Waals surface area contributed by atoms with E-state index in [1.54, 1.807) is 18.3 Å². The van der Waals surface area contributed by atoms with Crippen LogP contribution in [0.1, 0.15) is 49.5 Å². The van der Waals surface area contributed by atoms with Gasteiger partial charge >= 0.3 is 6.18 Å². The van der Waals surface area contributed by atoms with Gasteiger partial charge in [0, 0.05) is 31.7 Å². The van der Waals surface area contributed by atoms with Crippen molar-refractivity contribution in [3.63, 3.8) is 0 Å². The number of hydrogen-bond acceptors (Lipinski definition) is 4. The molecule has 1 aliphatic carbocycles. The van der Waals surface area contributed by atoms with Gasteiger partial charge in [0.1, 0.15) is 0 Å². The molecule has 1 saturated heterocycles. The molecule has 4 atom stereocenters. The molecular weight excluding hydrogens is 421 g/mol. The number of rotatable bonds is 4. The summed E-state index contributed by atoms with van der Waals surface area (Å²) in [6.07, 6.45) is -2.43. The van der Waals surface area contributed by atoms with Crippen LogP contribution in [0, 0.1) is 17.8 Å². The number of nitrogens with one attached hydrogen (secondary N) is 1. The molecule has 31 heavy (non-hydrogen) atoms. The summed E-state index contributed by atoms with van der Waals surface area (Å²) in [5.41, 5.74) is 7.56. The smallest absolute Gasteiger partial charge is 0.355 e. The first kappa shape index (κ1) is 21.9. The van der Waals surface area contributed by atoms with Crippen molar-refractivity contribution in [1.82, 2.24) is 19.9 Å². The summed E-state index contributed by atoms with van der Waals surface area (Å²) in [4.78, 5) is 16.4. The molecular formula is C20H24F5N5O. The molecule has 2 aromatic rings. The summed E-state index contributed by atoms with van der Waals surface area (Å²) in [6.45, 7) is -0.408. The van der Waals surface area contributed by atoms with Crippen LogP contribution in [0.5, 0.6) is 0 Å². The van der Waals surface area contributed by atoms with Gasteiger partial charge in [0.2, 0.25) is 11.8 Å². The summed E-state index contributed by atoms with van der Waals surface area (Å²) in [5, 5.41) is 6.68. The van der Waals surface area contributed by atoms with E-state index in [-0.39, 0.29) is 25.7 Å². The minimum Gasteiger partial charge on any atom is -0.355 e. The lowest BCUT2D eigenvalue weighted by Crippen LogP contribution is -2.47. The Bertz CT molecular complexity index is 959. The molecule has 1 saturated carbocycles.